The average molecular weight is 269 g/mol. The number of ether oxygens (including phenoxy) is 1. The van der Waals surface area contributed by atoms with Crippen molar-refractivity contribution in [2.75, 3.05) is 7.11 Å². The Labute approximate surface area is 117 Å². The Balaban J connectivity index is 2.40. The van der Waals surface area contributed by atoms with Gasteiger partial charge in [0.15, 0.2) is 5.78 Å². The Bertz CT molecular complexity index is 679. The van der Waals surface area contributed by atoms with E-state index in [9.17, 15) is 10.1 Å². The van der Waals surface area contributed by atoms with Gasteiger partial charge in [0, 0.05) is 0 Å². The van der Waals surface area contributed by atoms with Crippen LogP contribution >= 0.6 is 0 Å². The zero-order chi connectivity index (χ0) is 14.7. The van der Waals surface area contributed by atoms with Crippen molar-refractivity contribution in [2.45, 2.75) is 19.8 Å². The molecule has 0 N–H and O–H groups in total. The Hall–Kier alpha value is -2.54. The van der Waals surface area contributed by atoms with Gasteiger partial charge in [0.25, 0.3) is 0 Å². The first-order valence-corrected chi connectivity index (χ1v) is 6.21. The molecule has 0 aliphatic carbocycles. The molecule has 0 saturated heterocycles. The summed E-state index contributed by atoms with van der Waals surface area (Å²) in [7, 11) is 1.55. The van der Waals surface area contributed by atoms with Crippen molar-refractivity contribution in [1.82, 2.24) is 0 Å². The molecule has 1 unspecified atom stereocenters. The lowest BCUT2D eigenvalue weighted by atomic mass is 9.92. The quantitative estimate of drug-likeness (QED) is 0.798. The van der Waals surface area contributed by atoms with Crippen LogP contribution in [0, 0.1) is 25.2 Å². The van der Waals surface area contributed by atoms with Crippen LogP contribution in [0.3, 0.4) is 0 Å². The molecule has 4 heteroatoms. The van der Waals surface area contributed by atoms with Gasteiger partial charge in [-0.2, -0.15) is 5.26 Å². The summed E-state index contributed by atoms with van der Waals surface area (Å²) < 4.78 is 10.5. The number of rotatable bonds is 4. The number of aryl methyl sites for hydroxylation is 2. The van der Waals surface area contributed by atoms with Gasteiger partial charge in [-0.1, -0.05) is 12.1 Å². The monoisotopic (exact) mass is 269 g/mol. The summed E-state index contributed by atoms with van der Waals surface area (Å²) in [6, 6.07) is 10.7. The van der Waals surface area contributed by atoms with Gasteiger partial charge in [0.1, 0.15) is 23.2 Å². The third-order valence-electron chi connectivity index (χ3n) is 3.12. The summed E-state index contributed by atoms with van der Waals surface area (Å²) in [6.07, 6.45) is 0. The van der Waals surface area contributed by atoms with E-state index < -0.39 is 5.92 Å². The van der Waals surface area contributed by atoms with E-state index in [4.69, 9.17) is 9.15 Å². The number of hydrogen-bond donors (Lipinski definition) is 0. The van der Waals surface area contributed by atoms with E-state index in [2.05, 4.69) is 6.07 Å². The van der Waals surface area contributed by atoms with Crippen LogP contribution in [0.25, 0.3) is 0 Å². The maximum absolute atomic E-state index is 12.5. The topological polar surface area (TPSA) is 63.2 Å². The SMILES string of the molecule is COc1cccc(C(C#N)C(=O)c2cc(C)oc2C)c1. The highest BCUT2D eigenvalue weighted by Gasteiger charge is 2.25. The van der Waals surface area contributed by atoms with Gasteiger partial charge in [-0.3, -0.25) is 4.79 Å². The number of carbonyl (C=O) groups excluding carboxylic acids is 1. The molecule has 2 aromatic rings. The van der Waals surface area contributed by atoms with Crippen molar-refractivity contribution in [1.29, 1.82) is 5.26 Å². The lowest BCUT2D eigenvalue weighted by Gasteiger charge is -2.09. The fourth-order valence-electron chi connectivity index (χ4n) is 2.14. The summed E-state index contributed by atoms with van der Waals surface area (Å²) in [5, 5.41) is 9.33. The molecule has 0 aliphatic rings. The average Bonchev–Trinajstić information content (AvgIpc) is 2.78. The minimum absolute atomic E-state index is 0.255. The number of carbonyl (C=O) groups is 1. The van der Waals surface area contributed by atoms with E-state index in [-0.39, 0.29) is 5.78 Å². The first kappa shape index (κ1) is 13.9. The second-order valence-electron chi connectivity index (χ2n) is 4.53. The number of nitrogens with zero attached hydrogens (tertiary/aromatic N) is 1. The van der Waals surface area contributed by atoms with Crippen LogP contribution in [0.5, 0.6) is 5.75 Å². The molecule has 0 spiro atoms. The maximum atomic E-state index is 12.5. The van der Waals surface area contributed by atoms with Crippen molar-refractivity contribution in [3.63, 3.8) is 0 Å². The molecule has 1 aromatic carbocycles. The van der Waals surface area contributed by atoms with Crippen molar-refractivity contribution in [2.24, 2.45) is 0 Å². The normalized spacial score (nSPS) is 11.7. The van der Waals surface area contributed by atoms with Gasteiger partial charge < -0.3 is 9.15 Å². The predicted octanol–water partition coefficient (Wildman–Crippen LogP) is 3.40. The van der Waals surface area contributed by atoms with Crippen LogP contribution in [0.4, 0.5) is 0 Å². The fraction of sp³-hybridized carbons (Fsp3) is 0.250. The van der Waals surface area contributed by atoms with Gasteiger partial charge in [-0.05, 0) is 37.6 Å². The summed E-state index contributed by atoms with van der Waals surface area (Å²) >= 11 is 0. The molecule has 1 heterocycles. The Morgan fingerprint density at radius 3 is 2.65 bits per heavy atom. The highest BCUT2D eigenvalue weighted by atomic mass is 16.5. The van der Waals surface area contributed by atoms with Crippen LogP contribution in [-0.4, -0.2) is 12.9 Å². The standard InChI is InChI=1S/C16H15NO3/c1-10-7-14(11(2)20-10)16(18)15(9-17)12-5-4-6-13(8-12)19-3/h4-8,15H,1-3H3. The number of methoxy groups -OCH3 is 1. The Morgan fingerprint density at radius 2 is 2.10 bits per heavy atom. The molecule has 0 radical (unpaired) electrons. The minimum Gasteiger partial charge on any atom is -0.497 e. The minimum atomic E-state index is -0.860. The predicted molar refractivity (Wildman–Crippen MR) is 73.9 cm³/mol. The van der Waals surface area contributed by atoms with Gasteiger partial charge in [0.05, 0.1) is 18.7 Å². The molecule has 20 heavy (non-hydrogen) atoms. The van der Waals surface area contributed by atoms with Crippen molar-refractivity contribution in [3.8, 4) is 11.8 Å². The van der Waals surface area contributed by atoms with Crippen LogP contribution < -0.4 is 4.74 Å². The van der Waals surface area contributed by atoms with E-state index in [1.165, 1.54) is 0 Å². The van der Waals surface area contributed by atoms with Gasteiger partial charge >= 0.3 is 0 Å². The molecular weight excluding hydrogens is 254 g/mol. The van der Waals surface area contributed by atoms with Gasteiger partial charge in [0.2, 0.25) is 0 Å². The summed E-state index contributed by atoms with van der Waals surface area (Å²) in [6.45, 7) is 3.50. The molecule has 2 rings (SSSR count). The molecule has 0 aliphatic heterocycles. The van der Waals surface area contributed by atoms with E-state index in [1.54, 1.807) is 51.3 Å². The number of Topliss-reactive ketones (excluding diaryl/α,β-unsaturated/α-hetero) is 1. The van der Waals surface area contributed by atoms with E-state index in [1.807, 2.05) is 0 Å². The zero-order valence-electron chi connectivity index (χ0n) is 11.6. The first-order chi connectivity index (χ1) is 9.56. The summed E-state index contributed by atoms with van der Waals surface area (Å²) in [5.74, 6) is 0.704. The number of furan rings is 1. The number of nitriles is 1. The second kappa shape index (κ2) is 5.62. The van der Waals surface area contributed by atoms with Crippen LogP contribution in [0.1, 0.15) is 33.4 Å². The van der Waals surface area contributed by atoms with Crippen LogP contribution in [0.15, 0.2) is 34.7 Å². The molecule has 4 nitrogen and oxygen atoms in total. The van der Waals surface area contributed by atoms with Gasteiger partial charge in [-0.15, -0.1) is 0 Å². The molecule has 0 fully saturated rings. The molecule has 0 bridgehead atoms. The third-order valence-corrected chi connectivity index (χ3v) is 3.12. The third kappa shape index (κ3) is 2.57. The van der Waals surface area contributed by atoms with E-state index >= 15 is 0 Å². The highest BCUT2D eigenvalue weighted by molar-refractivity contribution is 6.03. The molecule has 1 atom stereocenters. The first-order valence-electron chi connectivity index (χ1n) is 6.21. The van der Waals surface area contributed by atoms with E-state index in [0.29, 0.717) is 28.4 Å². The second-order valence-corrected chi connectivity index (χ2v) is 4.53. The molecule has 102 valence electrons. The lowest BCUT2D eigenvalue weighted by Crippen LogP contribution is -2.11. The van der Waals surface area contributed by atoms with Crippen molar-refractivity contribution >= 4 is 5.78 Å². The summed E-state index contributed by atoms with van der Waals surface area (Å²) in [5.41, 5.74) is 1.08. The van der Waals surface area contributed by atoms with Crippen molar-refractivity contribution in [3.05, 3.63) is 53.0 Å². The smallest absolute Gasteiger partial charge is 0.187 e. The summed E-state index contributed by atoms with van der Waals surface area (Å²) in [4.78, 5) is 12.5. The van der Waals surface area contributed by atoms with Crippen LogP contribution in [0.2, 0.25) is 0 Å². The molecule has 0 amide bonds. The fourth-order valence-corrected chi connectivity index (χ4v) is 2.14. The van der Waals surface area contributed by atoms with Crippen molar-refractivity contribution < 1.29 is 13.9 Å². The Kier molecular flexibility index (Phi) is 3.90. The van der Waals surface area contributed by atoms with Crippen LogP contribution in [-0.2, 0) is 0 Å². The highest BCUT2D eigenvalue weighted by Crippen LogP contribution is 2.26. The molecular formula is C16H15NO3. The maximum Gasteiger partial charge on any atom is 0.187 e. The van der Waals surface area contributed by atoms with Gasteiger partial charge in [-0.25, -0.2) is 0 Å². The largest absolute Gasteiger partial charge is 0.497 e. The number of ketones is 1. The lowest BCUT2D eigenvalue weighted by molar-refractivity contribution is 0.0977. The Morgan fingerprint density at radius 1 is 1.35 bits per heavy atom. The molecule has 0 saturated carbocycles. The van der Waals surface area contributed by atoms with E-state index in [0.717, 1.165) is 0 Å². The zero-order valence-corrected chi connectivity index (χ0v) is 11.6. The number of benzene rings is 1. The molecule has 1 aromatic heterocycles. The number of hydrogen-bond acceptors (Lipinski definition) is 4.